The third-order valence-electron chi connectivity index (χ3n) is 4.71. The van der Waals surface area contributed by atoms with Crippen LogP contribution in [0.4, 0.5) is 11.4 Å². The average molecular weight is 427 g/mol. The number of amides is 2. The van der Waals surface area contributed by atoms with Crippen molar-refractivity contribution in [1.82, 2.24) is 0 Å². The van der Waals surface area contributed by atoms with Crippen LogP contribution in [0.3, 0.4) is 0 Å². The predicted octanol–water partition coefficient (Wildman–Crippen LogP) is 4.64. The summed E-state index contributed by atoms with van der Waals surface area (Å²) < 4.78 is 4.95. The number of carbonyl (C=O) groups is 3. The highest BCUT2D eigenvalue weighted by atomic mass is 35.5. The minimum atomic E-state index is -0.575. The molecule has 2 aromatic rings. The second-order valence-electron chi connectivity index (χ2n) is 6.83. The largest absolute Gasteiger partial charge is 0.462 e. The third-order valence-corrected chi connectivity index (χ3v) is 5.06. The number of anilines is 2. The summed E-state index contributed by atoms with van der Waals surface area (Å²) in [5.74, 6) is -1.53. The van der Waals surface area contributed by atoms with Crippen LogP contribution in [-0.4, -0.2) is 24.4 Å². The zero-order valence-electron chi connectivity index (χ0n) is 16.9. The van der Waals surface area contributed by atoms with Gasteiger partial charge < -0.3 is 10.1 Å². The summed E-state index contributed by atoms with van der Waals surface area (Å²) in [6.45, 7) is 4.14. The van der Waals surface area contributed by atoms with Crippen molar-refractivity contribution in [3.63, 3.8) is 0 Å². The lowest BCUT2D eigenvalue weighted by atomic mass is 10.1. The molecule has 0 aliphatic carbocycles. The molecule has 0 bridgehead atoms. The van der Waals surface area contributed by atoms with Gasteiger partial charge in [0.2, 0.25) is 0 Å². The zero-order valence-corrected chi connectivity index (χ0v) is 17.7. The lowest BCUT2D eigenvalue weighted by Gasteiger charge is -2.15. The molecule has 0 fully saturated rings. The maximum absolute atomic E-state index is 12.9. The number of carbonyl (C=O) groups excluding carboxylic acids is 3. The van der Waals surface area contributed by atoms with E-state index in [2.05, 4.69) is 12.2 Å². The van der Waals surface area contributed by atoms with Gasteiger partial charge in [-0.2, -0.15) is 0 Å². The van der Waals surface area contributed by atoms with E-state index in [1.807, 2.05) is 12.1 Å². The van der Waals surface area contributed by atoms with E-state index in [1.165, 1.54) is 0 Å². The van der Waals surface area contributed by atoms with Gasteiger partial charge in [-0.1, -0.05) is 37.1 Å². The highest BCUT2D eigenvalue weighted by molar-refractivity contribution is 6.53. The van der Waals surface area contributed by atoms with Crippen molar-refractivity contribution in [3.05, 3.63) is 70.4 Å². The Morgan fingerprint density at radius 2 is 1.67 bits per heavy atom. The van der Waals surface area contributed by atoms with E-state index >= 15 is 0 Å². The van der Waals surface area contributed by atoms with Crippen molar-refractivity contribution < 1.29 is 19.1 Å². The molecule has 1 N–H and O–H groups in total. The molecule has 1 aliphatic rings. The van der Waals surface area contributed by atoms with Gasteiger partial charge in [0.25, 0.3) is 11.8 Å². The van der Waals surface area contributed by atoms with Crippen LogP contribution in [0.25, 0.3) is 0 Å². The van der Waals surface area contributed by atoms with Crippen LogP contribution in [-0.2, 0) is 20.7 Å². The topological polar surface area (TPSA) is 75.7 Å². The molecular weight excluding hydrogens is 404 g/mol. The molecule has 0 unspecified atom stereocenters. The number of halogens is 1. The Labute approximate surface area is 180 Å². The standard InChI is InChI=1S/C23H23ClN2O4/c1-3-5-6-15-7-13-18(14-8-15)26-21(27)19(24)20(22(26)28)25-17-11-9-16(10-12-17)23(29)30-4-2/h7-14,25H,3-6H2,1-2H3. The van der Waals surface area contributed by atoms with Crippen molar-refractivity contribution >= 4 is 40.8 Å². The number of aryl methyl sites for hydroxylation is 1. The van der Waals surface area contributed by atoms with E-state index in [0.29, 0.717) is 16.9 Å². The molecule has 30 heavy (non-hydrogen) atoms. The first kappa shape index (κ1) is 21.6. The molecule has 2 aromatic carbocycles. The van der Waals surface area contributed by atoms with Crippen molar-refractivity contribution in [1.29, 1.82) is 0 Å². The molecule has 0 saturated heterocycles. The fourth-order valence-electron chi connectivity index (χ4n) is 3.09. The summed E-state index contributed by atoms with van der Waals surface area (Å²) in [6.07, 6.45) is 3.13. The Kier molecular flexibility index (Phi) is 6.90. The quantitative estimate of drug-likeness (QED) is 0.491. The monoisotopic (exact) mass is 426 g/mol. The number of benzene rings is 2. The van der Waals surface area contributed by atoms with E-state index in [1.54, 1.807) is 43.3 Å². The maximum Gasteiger partial charge on any atom is 0.338 e. The third kappa shape index (κ3) is 4.54. The number of hydrogen-bond donors (Lipinski definition) is 1. The van der Waals surface area contributed by atoms with E-state index in [4.69, 9.17) is 16.3 Å². The van der Waals surface area contributed by atoms with Gasteiger partial charge in [0.05, 0.1) is 17.9 Å². The number of imide groups is 1. The predicted molar refractivity (Wildman–Crippen MR) is 116 cm³/mol. The number of unbranched alkanes of at least 4 members (excludes halogenated alkanes) is 1. The van der Waals surface area contributed by atoms with Gasteiger partial charge in [-0.25, -0.2) is 9.69 Å². The summed E-state index contributed by atoms with van der Waals surface area (Å²) in [5, 5.41) is 2.72. The minimum Gasteiger partial charge on any atom is -0.462 e. The molecular formula is C23H23ClN2O4. The zero-order chi connectivity index (χ0) is 21.7. The molecule has 0 saturated carbocycles. The van der Waals surface area contributed by atoms with Crippen molar-refractivity contribution in [3.8, 4) is 0 Å². The fourth-order valence-corrected chi connectivity index (χ4v) is 3.30. The first-order valence-corrected chi connectivity index (χ1v) is 10.3. The normalized spacial score (nSPS) is 13.8. The van der Waals surface area contributed by atoms with Crippen molar-refractivity contribution in [2.75, 3.05) is 16.8 Å². The van der Waals surface area contributed by atoms with Crippen LogP contribution < -0.4 is 10.2 Å². The fraction of sp³-hybridized carbons (Fsp3) is 0.261. The number of nitrogens with one attached hydrogen (secondary N) is 1. The molecule has 0 spiro atoms. The van der Waals surface area contributed by atoms with Crippen LogP contribution in [0.15, 0.2) is 59.3 Å². The lowest BCUT2D eigenvalue weighted by molar-refractivity contribution is -0.120. The van der Waals surface area contributed by atoms with Gasteiger partial charge >= 0.3 is 5.97 Å². The molecule has 0 atom stereocenters. The summed E-state index contributed by atoms with van der Waals surface area (Å²) >= 11 is 6.17. The van der Waals surface area contributed by atoms with Crippen molar-refractivity contribution in [2.45, 2.75) is 33.1 Å². The summed E-state index contributed by atoms with van der Waals surface area (Å²) in [4.78, 5) is 38.3. The number of nitrogens with zero attached hydrogens (tertiary/aromatic N) is 1. The van der Waals surface area contributed by atoms with Crippen LogP contribution in [0.5, 0.6) is 0 Å². The van der Waals surface area contributed by atoms with Crippen LogP contribution in [0, 0.1) is 0 Å². The summed E-state index contributed by atoms with van der Waals surface area (Å²) in [5.41, 5.74) is 2.53. The SMILES string of the molecule is CCCCc1ccc(N2C(=O)C(Cl)=C(Nc3ccc(C(=O)OCC)cc3)C2=O)cc1. The Balaban J connectivity index is 1.75. The van der Waals surface area contributed by atoms with Crippen LogP contribution in [0.2, 0.25) is 0 Å². The van der Waals surface area contributed by atoms with E-state index < -0.39 is 17.8 Å². The molecule has 0 radical (unpaired) electrons. The van der Waals surface area contributed by atoms with E-state index in [0.717, 1.165) is 29.7 Å². The minimum absolute atomic E-state index is 0.000566. The summed E-state index contributed by atoms with van der Waals surface area (Å²) in [7, 11) is 0. The molecule has 3 rings (SSSR count). The van der Waals surface area contributed by atoms with E-state index in [-0.39, 0.29) is 17.3 Å². The second kappa shape index (κ2) is 9.59. The lowest BCUT2D eigenvalue weighted by Crippen LogP contribution is -2.32. The number of ether oxygens (including phenoxy) is 1. The maximum atomic E-state index is 12.9. The molecule has 6 nitrogen and oxygen atoms in total. The number of rotatable bonds is 8. The molecule has 156 valence electrons. The second-order valence-corrected chi connectivity index (χ2v) is 7.21. The summed E-state index contributed by atoms with van der Waals surface area (Å²) in [6, 6.07) is 13.7. The first-order valence-electron chi connectivity index (χ1n) is 9.88. The Bertz CT molecular complexity index is 981. The number of esters is 1. The molecule has 1 heterocycles. The average Bonchev–Trinajstić information content (AvgIpc) is 2.96. The van der Waals surface area contributed by atoms with Crippen LogP contribution in [0.1, 0.15) is 42.6 Å². The molecule has 2 amide bonds. The smallest absolute Gasteiger partial charge is 0.338 e. The number of hydrogen-bond acceptors (Lipinski definition) is 5. The van der Waals surface area contributed by atoms with Gasteiger partial charge in [0, 0.05) is 5.69 Å². The van der Waals surface area contributed by atoms with Gasteiger partial charge in [-0.3, -0.25) is 9.59 Å². The molecule has 7 heteroatoms. The van der Waals surface area contributed by atoms with Crippen LogP contribution >= 0.6 is 11.6 Å². The Morgan fingerprint density at radius 3 is 2.27 bits per heavy atom. The molecule has 0 aromatic heterocycles. The Hall–Kier alpha value is -3.12. The highest BCUT2D eigenvalue weighted by Crippen LogP contribution is 2.30. The first-order chi connectivity index (χ1) is 14.5. The van der Waals surface area contributed by atoms with Gasteiger partial charge in [-0.15, -0.1) is 0 Å². The van der Waals surface area contributed by atoms with Gasteiger partial charge in [0.1, 0.15) is 10.7 Å². The Morgan fingerprint density at radius 1 is 1.00 bits per heavy atom. The molecule has 1 aliphatic heterocycles. The van der Waals surface area contributed by atoms with E-state index in [9.17, 15) is 14.4 Å². The van der Waals surface area contributed by atoms with Gasteiger partial charge in [-0.05, 0) is 61.7 Å². The van der Waals surface area contributed by atoms with Gasteiger partial charge in [0.15, 0.2) is 0 Å². The van der Waals surface area contributed by atoms with Crippen molar-refractivity contribution in [2.24, 2.45) is 0 Å². The highest BCUT2D eigenvalue weighted by Gasteiger charge is 2.38.